The first-order chi connectivity index (χ1) is 10.5. The van der Waals surface area contributed by atoms with E-state index < -0.39 is 0 Å². The van der Waals surface area contributed by atoms with E-state index in [2.05, 4.69) is 32.0 Å². The predicted octanol–water partition coefficient (Wildman–Crippen LogP) is 5.55. The normalized spacial score (nSPS) is 11.7. The highest BCUT2D eigenvalue weighted by molar-refractivity contribution is 6.09. The maximum absolute atomic E-state index is 12.4. The summed E-state index contributed by atoms with van der Waals surface area (Å²) in [4.78, 5) is 12.4. The first-order valence-electron chi connectivity index (χ1n) is 8.07. The number of carbonyl (C=O) groups is 1. The number of hydrogen-bond donors (Lipinski definition) is 0. The Morgan fingerprint density at radius 2 is 1.73 bits per heavy atom. The minimum atomic E-state index is -0.00109. The average Bonchev–Trinajstić information content (AvgIpc) is 2.89. The monoisotopic (exact) mass is 294 g/mol. The second kappa shape index (κ2) is 5.60. The van der Waals surface area contributed by atoms with Crippen LogP contribution in [-0.4, -0.2) is 5.78 Å². The van der Waals surface area contributed by atoms with Crippen LogP contribution in [0.15, 0.2) is 34.7 Å². The molecule has 0 aliphatic heterocycles. The lowest BCUT2D eigenvalue weighted by atomic mass is 9.93. The zero-order valence-electron chi connectivity index (χ0n) is 13.7. The Hall–Kier alpha value is -2.09. The molecule has 1 aromatic heterocycles. The highest BCUT2D eigenvalue weighted by Gasteiger charge is 2.18. The molecule has 22 heavy (non-hydrogen) atoms. The molecule has 3 aromatic rings. The molecule has 0 aliphatic rings. The van der Waals surface area contributed by atoms with Crippen molar-refractivity contribution in [1.82, 2.24) is 0 Å². The Morgan fingerprint density at radius 3 is 2.36 bits per heavy atom. The number of hydrogen-bond acceptors (Lipinski definition) is 2. The van der Waals surface area contributed by atoms with E-state index in [9.17, 15) is 4.79 Å². The molecule has 0 bridgehead atoms. The van der Waals surface area contributed by atoms with E-state index in [1.807, 2.05) is 26.0 Å². The summed E-state index contributed by atoms with van der Waals surface area (Å²) in [5.41, 5.74) is 4.92. The van der Waals surface area contributed by atoms with Crippen molar-refractivity contribution in [2.75, 3.05) is 0 Å². The molecule has 2 aromatic carbocycles. The molecule has 0 atom stereocenters. The van der Waals surface area contributed by atoms with Crippen LogP contribution in [0.1, 0.15) is 49.2 Å². The number of furan rings is 1. The molecule has 0 aliphatic carbocycles. The summed E-state index contributed by atoms with van der Waals surface area (Å²) in [6.45, 7) is 8.13. The van der Waals surface area contributed by atoms with Crippen LogP contribution in [0, 0.1) is 5.92 Å². The van der Waals surface area contributed by atoms with Crippen LogP contribution in [0.4, 0.5) is 0 Å². The van der Waals surface area contributed by atoms with Crippen LogP contribution in [0.2, 0.25) is 0 Å². The molecule has 3 rings (SSSR count). The van der Waals surface area contributed by atoms with Crippen molar-refractivity contribution in [3.8, 4) is 0 Å². The predicted molar refractivity (Wildman–Crippen MR) is 91.6 cm³/mol. The van der Waals surface area contributed by atoms with Gasteiger partial charge in [-0.05, 0) is 48.2 Å². The number of ketones is 1. The van der Waals surface area contributed by atoms with Crippen molar-refractivity contribution in [2.24, 2.45) is 5.92 Å². The van der Waals surface area contributed by atoms with Gasteiger partial charge in [0.25, 0.3) is 0 Å². The topological polar surface area (TPSA) is 30.2 Å². The molecule has 0 N–H and O–H groups in total. The van der Waals surface area contributed by atoms with Gasteiger partial charge in [0.2, 0.25) is 0 Å². The summed E-state index contributed by atoms with van der Waals surface area (Å²) in [7, 11) is 0. The molecule has 114 valence electrons. The van der Waals surface area contributed by atoms with E-state index in [-0.39, 0.29) is 11.7 Å². The van der Waals surface area contributed by atoms with Gasteiger partial charge in [0.15, 0.2) is 5.78 Å². The lowest BCUT2D eigenvalue weighted by molar-refractivity contribution is 0.0938. The molecule has 0 spiro atoms. The van der Waals surface area contributed by atoms with Crippen LogP contribution < -0.4 is 0 Å². The molecular weight excluding hydrogens is 272 g/mol. The van der Waals surface area contributed by atoms with E-state index in [1.54, 1.807) is 0 Å². The Morgan fingerprint density at radius 1 is 1.00 bits per heavy atom. The first-order valence-corrected chi connectivity index (χ1v) is 8.07. The zero-order valence-corrected chi connectivity index (χ0v) is 13.7. The highest BCUT2D eigenvalue weighted by Crippen LogP contribution is 2.32. The summed E-state index contributed by atoms with van der Waals surface area (Å²) < 4.78 is 5.97. The summed E-state index contributed by atoms with van der Waals surface area (Å²) in [5.74, 6) is 0.187. The third-order valence-corrected chi connectivity index (χ3v) is 4.34. The smallest absolute Gasteiger partial charge is 0.165 e. The fraction of sp³-hybridized carbons (Fsp3) is 0.350. The minimum Gasteiger partial charge on any atom is -0.456 e. The number of benzene rings is 2. The third kappa shape index (κ3) is 2.33. The summed E-state index contributed by atoms with van der Waals surface area (Å²) >= 11 is 0. The Kier molecular flexibility index (Phi) is 3.78. The lowest BCUT2D eigenvalue weighted by Gasteiger charge is -2.09. The standard InChI is InChI=1S/C20H22O2/c1-5-13-7-8-18-16(9-13)17-10-14(6-2)15(11-19(17)22-18)20(21)12(3)4/h7-12H,5-6H2,1-4H3. The van der Waals surface area contributed by atoms with Gasteiger partial charge in [-0.25, -0.2) is 0 Å². The van der Waals surface area contributed by atoms with Crippen molar-refractivity contribution in [3.05, 3.63) is 47.0 Å². The summed E-state index contributed by atoms with van der Waals surface area (Å²) in [5, 5.41) is 2.26. The minimum absolute atomic E-state index is 0.00109. The van der Waals surface area contributed by atoms with Gasteiger partial charge in [0, 0.05) is 22.3 Å². The molecule has 0 saturated carbocycles. The molecule has 2 nitrogen and oxygen atoms in total. The van der Waals surface area contributed by atoms with E-state index in [1.165, 1.54) is 5.56 Å². The Bertz CT molecular complexity index is 853. The largest absolute Gasteiger partial charge is 0.456 e. The number of aryl methyl sites for hydroxylation is 2. The molecule has 0 fully saturated rings. The molecular formula is C20H22O2. The number of carbonyl (C=O) groups excluding carboxylic acids is 1. The van der Waals surface area contributed by atoms with Crippen LogP contribution in [-0.2, 0) is 12.8 Å². The maximum atomic E-state index is 12.4. The van der Waals surface area contributed by atoms with Crippen molar-refractivity contribution in [3.63, 3.8) is 0 Å². The van der Waals surface area contributed by atoms with Gasteiger partial charge in [-0.2, -0.15) is 0 Å². The van der Waals surface area contributed by atoms with Gasteiger partial charge in [0.05, 0.1) is 0 Å². The van der Waals surface area contributed by atoms with E-state index in [0.717, 1.165) is 45.9 Å². The average molecular weight is 294 g/mol. The van der Waals surface area contributed by atoms with Crippen molar-refractivity contribution in [1.29, 1.82) is 0 Å². The summed E-state index contributed by atoms with van der Waals surface area (Å²) in [6.07, 6.45) is 1.86. The Balaban J connectivity index is 2.30. The fourth-order valence-corrected chi connectivity index (χ4v) is 2.97. The molecule has 2 heteroatoms. The highest BCUT2D eigenvalue weighted by atomic mass is 16.3. The van der Waals surface area contributed by atoms with Gasteiger partial charge in [-0.15, -0.1) is 0 Å². The first kappa shape index (κ1) is 14.8. The number of rotatable bonds is 4. The molecule has 0 radical (unpaired) electrons. The fourth-order valence-electron chi connectivity index (χ4n) is 2.97. The van der Waals surface area contributed by atoms with Crippen molar-refractivity contribution < 1.29 is 9.21 Å². The maximum Gasteiger partial charge on any atom is 0.165 e. The van der Waals surface area contributed by atoms with Gasteiger partial charge in [-0.3, -0.25) is 4.79 Å². The number of fused-ring (bicyclic) bond motifs is 3. The third-order valence-electron chi connectivity index (χ3n) is 4.34. The lowest BCUT2D eigenvalue weighted by Crippen LogP contribution is -2.10. The summed E-state index contributed by atoms with van der Waals surface area (Å²) in [6, 6.07) is 10.4. The quantitative estimate of drug-likeness (QED) is 0.590. The van der Waals surface area contributed by atoms with E-state index in [4.69, 9.17) is 4.42 Å². The molecule has 0 unspecified atom stereocenters. The van der Waals surface area contributed by atoms with Gasteiger partial charge in [0.1, 0.15) is 11.2 Å². The van der Waals surface area contributed by atoms with Gasteiger partial charge >= 0.3 is 0 Å². The van der Waals surface area contributed by atoms with Crippen molar-refractivity contribution in [2.45, 2.75) is 40.5 Å². The van der Waals surface area contributed by atoms with Crippen LogP contribution >= 0.6 is 0 Å². The van der Waals surface area contributed by atoms with Crippen molar-refractivity contribution >= 4 is 27.7 Å². The molecule has 1 heterocycles. The molecule has 0 amide bonds. The zero-order chi connectivity index (χ0) is 15.9. The Labute approximate surface area is 131 Å². The second-order valence-corrected chi connectivity index (χ2v) is 6.16. The van der Waals surface area contributed by atoms with E-state index in [0.29, 0.717) is 0 Å². The van der Waals surface area contributed by atoms with Gasteiger partial charge < -0.3 is 4.42 Å². The number of Topliss-reactive ketones (excluding diaryl/α,β-unsaturated/α-hetero) is 1. The molecule has 0 saturated heterocycles. The van der Waals surface area contributed by atoms with E-state index >= 15 is 0 Å². The van der Waals surface area contributed by atoms with Crippen LogP contribution in [0.25, 0.3) is 21.9 Å². The SMILES string of the molecule is CCc1ccc2oc3cc(C(=O)C(C)C)c(CC)cc3c2c1. The van der Waals surface area contributed by atoms with Gasteiger partial charge in [-0.1, -0.05) is 33.8 Å². The second-order valence-electron chi connectivity index (χ2n) is 6.16. The van der Waals surface area contributed by atoms with Crippen LogP contribution in [0.3, 0.4) is 0 Å². The van der Waals surface area contributed by atoms with Crippen LogP contribution in [0.5, 0.6) is 0 Å².